The number of methoxy groups -OCH3 is 1. The van der Waals surface area contributed by atoms with Crippen molar-refractivity contribution in [3.8, 4) is 5.75 Å². The summed E-state index contributed by atoms with van der Waals surface area (Å²) in [7, 11) is -2.56. The SMILES string of the molecule is COc1ccc(NC(=O)c2ccc(Cl)c(NS(=O)(=O)c3ccc(F)cc3)c2)cc1Cl. The van der Waals surface area contributed by atoms with Crippen molar-refractivity contribution in [1.29, 1.82) is 0 Å². The van der Waals surface area contributed by atoms with Crippen molar-refractivity contribution in [2.75, 3.05) is 17.1 Å². The molecule has 0 bridgehead atoms. The normalized spacial score (nSPS) is 11.1. The van der Waals surface area contributed by atoms with Crippen LogP contribution in [-0.4, -0.2) is 21.4 Å². The van der Waals surface area contributed by atoms with E-state index in [1.807, 2.05) is 0 Å². The van der Waals surface area contributed by atoms with E-state index in [0.717, 1.165) is 24.3 Å². The molecule has 0 unspecified atom stereocenters. The first kappa shape index (κ1) is 21.9. The third-order valence-electron chi connectivity index (χ3n) is 4.01. The predicted molar refractivity (Wildman–Crippen MR) is 115 cm³/mol. The minimum Gasteiger partial charge on any atom is -0.495 e. The van der Waals surface area contributed by atoms with Gasteiger partial charge in [0, 0.05) is 11.3 Å². The van der Waals surface area contributed by atoms with Crippen LogP contribution in [0.4, 0.5) is 15.8 Å². The molecule has 6 nitrogen and oxygen atoms in total. The Kier molecular flexibility index (Phi) is 6.50. The number of halogens is 3. The maximum absolute atomic E-state index is 13.1. The Bertz CT molecular complexity index is 1200. The molecular formula is C20H15Cl2FN2O4S. The maximum Gasteiger partial charge on any atom is 0.261 e. The van der Waals surface area contributed by atoms with Crippen molar-refractivity contribution in [2.45, 2.75) is 4.90 Å². The van der Waals surface area contributed by atoms with Gasteiger partial charge in [-0.15, -0.1) is 0 Å². The molecule has 0 aromatic heterocycles. The van der Waals surface area contributed by atoms with Crippen molar-refractivity contribution < 1.29 is 22.3 Å². The Morgan fingerprint density at radius 3 is 2.30 bits per heavy atom. The van der Waals surface area contributed by atoms with Crippen LogP contribution >= 0.6 is 23.2 Å². The number of anilines is 2. The number of carbonyl (C=O) groups is 1. The fraction of sp³-hybridized carbons (Fsp3) is 0.0500. The van der Waals surface area contributed by atoms with E-state index in [4.69, 9.17) is 27.9 Å². The number of amides is 1. The number of carbonyl (C=O) groups excluding carboxylic acids is 1. The summed E-state index contributed by atoms with van der Waals surface area (Å²) in [5.74, 6) is -0.613. The molecule has 0 fully saturated rings. The molecule has 3 aromatic rings. The molecule has 156 valence electrons. The lowest BCUT2D eigenvalue weighted by Gasteiger charge is -2.12. The summed E-state index contributed by atoms with van der Waals surface area (Å²) < 4.78 is 45.5. The second kappa shape index (κ2) is 8.91. The second-order valence-electron chi connectivity index (χ2n) is 6.06. The molecule has 2 N–H and O–H groups in total. The molecule has 0 aliphatic rings. The van der Waals surface area contributed by atoms with Crippen LogP contribution in [0.3, 0.4) is 0 Å². The van der Waals surface area contributed by atoms with Crippen LogP contribution < -0.4 is 14.8 Å². The molecule has 0 spiro atoms. The van der Waals surface area contributed by atoms with E-state index in [0.29, 0.717) is 16.5 Å². The van der Waals surface area contributed by atoms with Crippen molar-refractivity contribution in [1.82, 2.24) is 0 Å². The van der Waals surface area contributed by atoms with Gasteiger partial charge in [-0.1, -0.05) is 23.2 Å². The van der Waals surface area contributed by atoms with E-state index in [1.165, 1.54) is 31.4 Å². The zero-order chi connectivity index (χ0) is 21.9. The first-order valence-electron chi connectivity index (χ1n) is 8.42. The average Bonchev–Trinajstić information content (AvgIpc) is 2.70. The van der Waals surface area contributed by atoms with Crippen LogP contribution in [0.1, 0.15) is 10.4 Å². The number of sulfonamides is 1. The van der Waals surface area contributed by atoms with Gasteiger partial charge in [-0.2, -0.15) is 0 Å². The third kappa shape index (κ3) is 5.02. The van der Waals surface area contributed by atoms with E-state index < -0.39 is 21.7 Å². The van der Waals surface area contributed by atoms with Gasteiger partial charge in [0.05, 0.1) is 27.7 Å². The Labute approximate surface area is 182 Å². The molecule has 0 saturated carbocycles. The minimum absolute atomic E-state index is 0.00130. The molecule has 0 aliphatic carbocycles. The molecule has 0 radical (unpaired) electrons. The van der Waals surface area contributed by atoms with Crippen molar-refractivity contribution >= 4 is 50.5 Å². The fourth-order valence-corrected chi connectivity index (χ4v) is 4.06. The van der Waals surface area contributed by atoms with Gasteiger partial charge in [-0.05, 0) is 60.7 Å². The number of hydrogen-bond donors (Lipinski definition) is 2. The molecule has 30 heavy (non-hydrogen) atoms. The zero-order valence-electron chi connectivity index (χ0n) is 15.4. The summed E-state index contributed by atoms with van der Waals surface area (Å²) in [6.07, 6.45) is 0. The monoisotopic (exact) mass is 468 g/mol. The lowest BCUT2D eigenvalue weighted by Crippen LogP contribution is -2.15. The lowest BCUT2D eigenvalue weighted by molar-refractivity contribution is 0.102. The number of benzene rings is 3. The van der Waals surface area contributed by atoms with E-state index in [2.05, 4.69) is 10.0 Å². The smallest absolute Gasteiger partial charge is 0.261 e. The summed E-state index contributed by atoms with van der Waals surface area (Å²) in [6, 6.07) is 13.2. The number of rotatable bonds is 6. The molecular weight excluding hydrogens is 454 g/mol. The Hall–Kier alpha value is -2.81. The van der Waals surface area contributed by atoms with E-state index in [1.54, 1.807) is 12.1 Å². The molecule has 10 heteroatoms. The highest BCUT2D eigenvalue weighted by molar-refractivity contribution is 7.92. The average molecular weight is 469 g/mol. The molecule has 0 atom stereocenters. The molecule has 3 aromatic carbocycles. The summed E-state index contributed by atoms with van der Waals surface area (Å²) in [6.45, 7) is 0. The predicted octanol–water partition coefficient (Wildman–Crippen LogP) is 5.19. The largest absolute Gasteiger partial charge is 0.495 e. The summed E-state index contributed by atoms with van der Waals surface area (Å²) >= 11 is 12.1. The number of ether oxygens (including phenoxy) is 1. The maximum atomic E-state index is 13.1. The van der Waals surface area contributed by atoms with Gasteiger partial charge in [0.1, 0.15) is 11.6 Å². The Morgan fingerprint density at radius 2 is 1.67 bits per heavy atom. The molecule has 0 saturated heterocycles. The highest BCUT2D eigenvalue weighted by Gasteiger charge is 2.18. The molecule has 0 heterocycles. The van der Waals surface area contributed by atoms with Gasteiger partial charge in [0.2, 0.25) is 0 Å². The molecule has 1 amide bonds. The lowest BCUT2D eigenvalue weighted by atomic mass is 10.2. The highest BCUT2D eigenvalue weighted by Crippen LogP contribution is 2.29. The Morgan fingerprint density at radius 1 is 0.967 bits per heavy atom. The van der Waals surface area contributed by atoms with Gasteiger partial charge < -0.3 is 10.1 Å². The van der Waals surface area contributed by atoms with Crippen LogP contribution in [0.15, 0.2) is 65.6 Å². The van der Waals surface area contributed by atoms with Crippen LogP contribution in [-0.2, 0) is 10.0 Å². The summed E-state index contributed by atoms with van der Waals surface area (Å²) in [5, 5.41) is 3.06. The van der Waals surface area contributed by atoms with Crippen molar-refractivity contribution in [3.63, 3.8) is 0 Å². The van der Waals surface area contributed by atoms with Crippen molar-refractivity contribution in [3.05, 3.63) is 82.1 Å². The first-order chi connectivity index (χ1) is 14.2. The molecule has 0 aliphatic heterocycles. The minimum atomic E-state index is -4.03. The van der Waals surface area contributed by atoms with Crippen LogP contribution in [0.2, 0.25) is 10.0 Å². The van der Waals surface area contributed by atoms with Crippen molar-refractivity contribution in [2.24, 2.45) is 0 Å². The third-order valence-corrected chi connectivity index (χ3v) is 6.01. The quantitative estimate of drug-likeness (QED) is 0.520. The van der Waals surface area contributed by atoms with Gasteiger partial charge in [0.25, 0.3) is 15.9 Å². The van der Waals surface area contributed by atoms with Gasteiger partial charge >= 0.3 is 0 Å². The molecule has 3 rings (SSSR count). The van der Waals surface area contributed by atoms with Gasteiger partial charge in [-0.25, -0.2) is 12.8 Å². The number of hydrogen-bond acceptors (Lipinski definition) is 4. The first-order valence-corrected chi connectivity index (χ1v) is 10.7. The highest BCUT2D eigenvalue weighted by atomic mass is 35.5. The fourth-order valence-electron chi connectivity index (χ4n) is 2.51. The van der Waals surface area contributed by atoms with E-state index in [-0.39, 0.29) is 21.2 Å². The summed E-state index contributed by atoms with van der Waals surface area (Å²) in [5.41, 5.74) is 0.582. The van der Waals surface area contributed by atoms with Gasteiger partial charge in [-0.3, -0.25) is 9.52 Å². The zero-order valence-corrected chi connectivity index (χ0v) is 17.8. The number of nitrogens with one attached hydrogen (secondary N) is 2. The van der Waals surface area contributed by atoms with Crippen LogP contribution in [0.25, 0.3) is 0 Å². The van der Waals surface area contributed by atoms with E-state index in [9.17, 15) is 17.6 Å². The van der Waals surface area contributed by atoms with E-state index >= 15 is 0 Å². The Balaban J connectivity index is 1.83. The standard InChI is InChI=1S/C20H15Cl2FN2O4S/c1-29-19-9-5-14(11-17(19)22)24-20(26)12-2-8-16(21)18(10-12)25-30(27,28)15-6-3-13(23)4-7-15/h2-11,25H,1H3,(H,24,26). The van der Waals surface area contributed by atoms with Gasteiger partial charge in [0.15, 0.2) is 0 Å². The summed E-state index contributed by atoms with van der Waals surface area (Å²) in [4.78, 5) is 12.4. The second-order valence-corrected chi connectivity index (χ2v) is 8.55. The van der Waals surface area contributed by atoms with Crippen LogP contribution in [0.5, 0.6) is 5.75 Å². The van der Waals surface area contributed by atoms with Crippen LogP contribution in [0, 0.1) is 5.82 Å². The topological polar surface area (TPSA) is 84.5 Å².